The van der Waals surface area contributed by atoms with Gasteiger partial charge in [-0.3, -0.25) is 0 Å². The fourth-order valence-electron chi connectivity index (χ4n) is 2.20. The number of halogens is 3. The van der Waals surface area contributed by atoms with Crippen LogP contribution in [-0.2, 0) is 6.54 Å². The highest BCUT2D eigenvalue weighted by atomic mass is 127. The molecule has 106 valence electrons. The number of rotatable bonds is 3. The smallest absolute Gasteiger partial charge is 0.140 e. The maximum atomic E-state index is 13.5. The van der Waals surface area contributed by atoms with E-state index in [1.54, 1.807) is 12.3 Å². The van der Waals surface area contributed by atoms with Gasteiger partial charge in [0, 0.05) is 32.5 Å². The zero-order valence-electron chi connectivity index (χ0n) is 10.9. The van der Waals surface area contributed by atoms with E-state index >= 15 is 0 Å². The number of hydrogen-bond donors (Lipinski definition) is 0. The highest BCUT2D eigenvalue weighted by Gasteiger charge is 2.07. The highest BCUT2D eigenvalue weighted by Crippen LogP contribution is 2.21. The zero-order chi connectivity index (χ0) is 14.8. The Hall–Kier alpha value is -1.21. The van der Waals surface area contributed by atoms with Crippen LogP contribution < -0.4 is 0 Å². The fraction of sp³-hybridized carbons (Fsp3) is 0.0625. The molecule has 0 atom stereocenters. The number of nitrogens with zero attached hydrogens (tertiary/aromatic N) is 2. The van der Waals surface area contributed by atoms with Crippen molar-refractivity contribution in [3.63, 3.8) is 0 Å². The molecule has 0 aliphatic rings. The SMILES string of the molecule is Fc1cc(Br)cc(Cn2ccnc2-c2ccc(I)cc2)c1. The number of aromatic nitrogens is 2. The van der Waals surface area contributed by atoms with E-state index in [9.17, 15) is 4.39 Å². The van der Waals surface area contributed by atoms with E-state index in [1.165, 1.54) is 9.64 Å². The fourth-order valence-corrected chi connectivity index (χ4v) is 3.07. The third-order valence-corrected chi connectivity index (χ3v) is 4.27. The van der Waals surface area contributed by atoms with Gasteiger partial charge in [-0.05, 0) is 58.5 Å². The molecule has 0 amide bonds. The molecular weight excluding hydrogens is 446 g/mol. The molecule has 1 heterocycles. The molecule has 5 heteroatoms. The second-order valence-electron chi connectivity index (χ2n) is 4.66. The predicted octanol–water partition coefficient (Wildman–Crippen LogP) is 5.10. The summed E-state index contributed by atoms with van der Waals surface area (Å²) in [5, 5.41) is 0. The first kappa shape index (κ1) is 14.7. The minimum Gasteiger partial charge on any atom is -0.327 e. The van der Waals surface area contributed by atoms with E-state index in [-0.39, 0.29) is 5.82 Å². The van der Waals surface area contributed by atoms with Gasteiger partial charge in [0.2, 0.25) is 0 Å². The van der Waals surface area contributed by atoms with Gasteiger partial charge in [0.05, 0.1) is 0 Å². The van der Waals surface area contributed by atoms with Gasteiger partial charge in [0.1, 0.15) is 11.6 Å². The Morgan fingerprint density at radius 3 is 2.62 bits per heavy atom. The highest BCUT2D eigenvalue weighted by molar-refractivity contribution is 14.1. The van der Waals surface area contributed by atoms with Crippen LogP contribution in [0.25, 0.3) is 11.4 Å². The molecule has 0 spiro atoms. The van der Waals surface area contributed by atoms with Gasteiger partial charge in [0.15, 0.2) is 0 Å². The Balaban J connectivity index is 1.94. The summed E-state index contributed by atoms with van der Waals surface area (Å²) in [6, 6.07) is 13.1. The lowest BCUT2D eigenvalue weighted by Crippen LogP contribution is -2.01. The van der Waals surface area contributed by atoms with Crippen LogP contribution in [0.3, 0.4) is 0 Å². The Morgan fingerprint density at radius 2 is 1.90 bits per heavy atom. The second-order valence-corrected chi connectivity index (χ2v) is 6.82. The van der Waals surface area contributed by atoms with Crippen LogP contribution in [0.5, 0.6) is 0 Å². The monoisotopic (exact) mass is 456 g/mol. The molecule has 3 rings (SSSR count). The van der Waals surface area contributed by atoms with Crippen LogP contribution in [0.1, 0.15) is 5.56 Å². The zero-order valence-corrected chi connectivity index (χ0v) is 14.7. The average Bonchev–Trinajstić information content (AvgIpc) is 2.86. The molecule has 3 aromatic rings. The minimum absolute atomic E-state index is 0.240. The van der Waals surface area contributed by atoms with Crippen molar-refractivity contribution >= 4 is 38.5 Å². The standard InChI is InChI=1S/C16H11BrFIN2/c17-13-7-11(8-14(18)9-13)10-21-6-5-20-16(21)12-1-3-15(19)4-2-12/h1-9H,10H2. The van der Waals surface area contributed by atoms with Gasteiger partial charge in [-0.15, -0.1) is 0 Å². The molecular formula is C16H11BrFIN2. The third kappa shape index (κ3) is 3.52. The first-order chi connectivity index (χ1) is 10.1. The minimum atomic E-state index is -0.240. The van der Waals surface area contributed by atoms with E-state index in [1.807, 2.05) is 41.1 Å². The largest absolute Gasteiger partial charge is 0.327 e. The van der Waals surface area contributed by atoms with Gasteiger partial charge >= 0.3 is 0 Å². The molecule has 0 saturated heterocycles. The molecule has 21 heavy (non-hydrogen) atoms. The van der Waals surface area contributed by atoms with Crippen molar-refractivity contribution in [1.82, 2.24) is 9.55 Å². The Bertz CT molecular complexity index is 748. The lowest BCUT2D eigenvalue weighted by molar-refractivity contribution is 0.622. The van der Waals surface area contributed by atoms with Crippen LogP contribution in [-0.4, -0.2) is 9.55 Å². The van der Waals surface area contributed by atoms with E-state index < -0.39 is 0 Å². The number of imidazole rings is 1. The topological polar surface area (TPSA) is 17.8 Å². The van der Waals surface area contributed by atoms with Gasteiger partial charge in [0.25, 0.3) is 0 Å². The summed E-state index contributed by atoms with van der Waals surface area (Å²) in [5.74, 6) is 0.641. The van der Waals surface area contributed by atoms with Crippen molar-refractivity contribution < 1.29 is 4.39 Å². The Labute approximate surface area is 144 Å². The summed E-state index contributed by atoms with van der Waals surface area (Å²) >= 11 is 5.60. The van der Waals surface area contributed by atoms with Crippen molar-refractivity contribution in [1.29, 1.82) is 0 Å². The molecule has 0 saturated carbocycles. The van der Waals surface area contributed by atoms with Crippen LogP contribution in [0.15, 0.2) is 59.3 Å². The molecule has 0 fully saturated rings. The summed E-state index contributed by atoms with van der Waals surface area (Å²) in [7, 11) is 0. The Morgan fingerprint density at radius 1 is 1.14 bits per heavy atom. The number of benzene rings is 2. The summed E-state index contributed by atoms with van der Waals surface area (Å²) in [6.45, 7) is 0.581. The molecule has 0 bridgehead atoms. The van der Waals surface area contributed by atoms with Crippen molar-refractivity contribution in [2.75, 3.05) is 0 Å². The molecule has 0 aliphatic carbocycles. The first-order valence-electron chi connectivity index (χ1n) is 6.34. The normalized spacial score (nSPS) is 10.8. The predicted molar refractivity (Wildman–Crippen MR) is 93.6 cm³/mol. The first-order valence-corrected chi connectivity index (χ1v) is 8.21. The van der Waals surface area contributed by atoms with Crippen molar-refractivity contribution in [2.45, 2.75) is 6.54 Å². The summed E-state index contributed by atoms with van der Waals surface area (Å²) in [4.78, 5) is 4.41. The van der Waals surface area contributed by atoms with E-state index in [4.69, 9.17) is 0 Å². The van der Waals surface area contributed by atoms with Crippen molar-refractivity contribution in [2.24, 2.45) is 0 Å². The molecule has 0 N–H and O–H groups in total. The lowest BCUT2D eigenvalue weighted by Gasteiger charge is -2.09. The lowest BCUT2D eigenvalue weighted by atomic mass is 10.2. The summed E-state index contributed by atoms with van der Waals surface area (Å²) < 4.78 is 17.4. The van der Waals surface area contributed by atoms with E-state index in [2.05, 4.69) is 43.5 Å². The maximum Gasteiger partial charge on any atom is 0.140 e. The van der Waals surface area contributed by atoms with Crippen LogP contribution in [0, 0.1) is 9.39 Å². The van der Waals surface area contributed by atoms with Crippen molar-refractivity contribution in [3.05, 3.63) is 74.3 Å². The maximum absolute atomic E-state index is 13.5. The van der Waals surface area contributed by atoms with Gasteiger partial charge < -0.3 is 4.57 Å². The molecule has 0 radical (unpaired) electrons. The van der Waals surface area contributed by atoms with Crippen LogP contribution in [0.2, 0.25) is 0 Å². The second kappa shape index (κ2) is 6.27. The summed E-state index contributed by atoms with van der Waals surface area (Å²) in [5.41, 5.74) is 1.95. The van der Waals surface area contributed by atoms with E-state index in [0.29, 0.717) is 6.54 Å². The van der Waals surface area contributed by atoms with Crippen LogP contribution in [0.4, 0.5) is 4.39 Å². The Kier molecular flexibility index (Phi) is 4.40. The molecule has 0 aliphatic heterocycles. The molecule has 0 unspecified atom stereocenters. The average molecular weight is 457 g/mol. The van der Waals surface area contributed by atoms with Gasteiger partial charge in [-0.1, -0.05) is 28.1 Å². The molecule has 1 aromatic heterocycles. The van der Waals surface area contributed by atoms with Gasteiger partial charge in [-0.25, -0.2) is 9.37 Å². The third-order valence-electron chi connectivity index (χ3n) is 3.09. The molecule has 2 nitrogen and oxygen atoms in total. The number of hydrogen-bond acceptors (Lipinski definition) is 1. The van der Waals surface area contributed by atoms with Crippen molar-refractivity contribution in [3.8, 4) is 11.4 Å². The quantitative estimate of drug-likeness (QED) is 0.501. The molecule has 2 aromatic carbocycles. The van der Waals surface area contributed by atoms with Crippen LogP contribution >= 0.6 is 38.5 Å². The van der Waals surface area contributed by atoms with E-state index in [0.717, 1.165) is 21.4 Å². The van der Waals surface area contributed by atoms with Gasteiger partial charge in [-0.2, -0.15) is 0 Å². The summed E-state index contributed by atoms with van der Waals surface area (Å²) in [6.07, 6.45) is 3.67.